The van der Waals surface area contributed by atoms with Crippen LogP contribution in [-0.4, -0.2) is 51.4 Å². The van der Waals surface area contributed by atoms with Crippen molar-refractivity contribution in [2.75, 3.05) is 25.1 Å². The predicted molar refractivity (Wildman–Crippen MR) is 57.9 cm³/mol. The fourth-order valence-electron chi connectivity index (χ4n) is 1.68. The van der Waals surface area contributed by atoms with Crippen LogP contribution < -0.4 is 51.4 Å². The molecule has 1 heterocycles. The molecule has 0 bridgehead atoms. The van der Waals surface area contributed by atoms with Gasteiger partial charge in [0, 0.05) is 6.04 Å². The summed E-state index contributed by atoms with van der Waals surface area (Å²) in [6.45, 7) is -2.36. The topological polar surface area (TPSA) is 37.4 Å². The smallest absolute Gasteiger partial charge is 0.445 e. The molecule has 0 aromatic carbocycles. The second-order valence-electron chi connectivity index (χ2n) is 4.20. The third kappa shape index (κ3) is 5.75. The van der Waals surface area contributed by atoms with Crippen LogP contribution in [0.3, 0.4) is 0 Å². The van der Waals surface area contributed by atoms with Crippen LogP contribution in [0.25, 0.3) is 0 Å². The van der Waals surface area contributed by atoms with Crippen molar-refractivity contribution in [1.29, 1.82) is 0 Å². The fraction of sp³-hybridized carbons (Fsp3) is 0.750. The summed E-state index contributed by atoms with van der Waals surface area (Å²) in [7, 11) is -1.56. The second kappa shape index (κ2) is 6.54. The average molecular weight is 295 g/mol. The Morgan fingerprint density at radius 2 is 2.00 bits per heavy atom. The van der Waals surface area contributed by atoms with Gasteiger partial charge in [-0.25, -0.2) is 8.42 Å². The molecule has 0 aromatic rings. The maximum absolute atomic E-state index is 12.3. The van der Waals surface area contributed by atoms with Gasteiger partial charge in [-0.15, -0.1) is 12.1 Å². The molecule has 9 heteroatoms. The van der Waals surface area contributed by atoms with Crippen molar-refractivity contribution < 1.29 is 72.7 Å². The van der Waals surface area contributed by atoms with Crippen molar-refractivity contribution in [3.05, 3.63) is 12.1 Å². The van der Waals surface area contributed by atoms with Crippen molar-refractivity contribution in [2.45, 2.75) is 12.5 Å². The number of sulfone groups is 1. The van der Waals surface area contributed by atoms with Gasteiger partial charge < -0.3 is 17.8 Å². The fourth-order valence-corrected chi connectivity index (χ4v) is 3.48. The number of likely N-dealkylation sites (N-methyl/N-ethyl adjacent to an activating group) is 1. The predicted octanol–water partition coefficient (Wildman–Crippen LogP) is -1.95. The number of hydrogen-bond acceptors (Lipinski definition) is 3. The molecule has 3 nitrogen and oxygen atoms in total. The van der Waals surface area contributed by atoms with Crippen LogP contribution in [-0.2, 0) is 9.84 Å². The van der Waals surface area contributed by atoms with Crippen LogP contribution in [0.2, 0.25) is 0 Å². The van der Waals surface area contributed by atoms with Crippen LogP contribution in [0.1, 0.15) is 6.42 Å². The van der Waals surface area contributed by atoms with Crippen molar-refractivity contribution in [3.63, 3.8) is 0 Å². The molecule has 0 spiro atoms. The van der Waals surface area contributed by atoms with Crippen molar-refractivity contribution in [3.8, 4) is 0 Å². The standard InChI is InChI=1S/C8H14BF3NO2S.K/c1-7(9(10,11)12)5-13(2)8-3-4-16(14,15)6-8;/h8H,1,3-6H2,2H3;/q-1;+1. The third-order valence-electron chi connectivity index (χ3n) is 2.75. The molecule has 1 saturated heterocycles. The van der Waals surface area contributed by atoms with Gasteiger partial charge in [-0.1, -0.05) is 0 Å². The third-order valence-corrected chi connectivity index (χ3v) is 4.50. The molecule has 17 heavy (non-hydrogen) atoms. The molecule has 0 saturated carbocycles. The van der Waals surface area contributed by atoms with E-state index in [0.717, 1.165) is 0 Å². The Morgan fingerprint density at radius 3 is 2.35 bits per heavy atom. The van der Waals surface area contributed by atoms with Crippen molar-refractivity contribution in [2.24, 2.45) is 0 Å². The van der Waals surface area contributed by atoms with Crippen LogP contribution in [0, 0.1) is 0 Å². The van der Waals surface area contributed by atoms with Gasteiger partial charge in [0.05, 0.1) is 11.5 Å². The minimum Gasteiger partial charge on any atom is -0.445 e. The summed E-state index contributed by atoms with van der Waals surface area (Å²) in [6.07, 6.45) is 0.400. The number of hydrogen-bond donors (Lipinski definition) is 0. The van der Waals surface area contributed by atoms with Gasteiger partial charge >= 0.3 is 58.4 Å². The maximum Gasteiger partial charge on any atom is 1.00 e. The van der Waals surface area contributed by atoms with Crippen molar-refractivity contribution >= 4 is 16.8 Å². The Kier molecular flexibility index (Phi) is 6.97. The first-order valence-electron chi connectivity index (χ1n) is 4.90. The molecule has 0 radical (unpaired) electrons. The van der Waals surface area contributed by atoms with Gasteiger partial charge in [0.2, 0.25) is 0 Å². The van der Waals surface area contributed by atoms with E-state index in [4.69, 9.17) is 0 Å². The molecule has 1 aliphatic heterocycles. The normalized spacial score (nSPS) is 23.5. The largest absolute Gasteiger partial charge is 1.00 e. The quantitative estimate of drug-likeness (QED) is 0.566. The minimum absolute atomic E-state index is 0. The summed E-state index contributed by atoms with van der Waals surface area (Å²) < 4.78 is 59.1. The van der Waals surface area contributed by atoms with E-state index < -0.39 is 22.3 Å². The first-order valence-corrected chi connectivity index (χ1v) is 6.72. The molecule has 0 N–H and O–H groups in total. The zero-order valence-electron chi connectivity index (χ0n) is 10.00. The van der Waals surface area contributed by atoms with Crippen LogP contribution in [0.4, 0.5) is 12.9 Å². The molecule has 0 aliphatic carbocycles. The van der Waals surface area contributed by atoms with Gasteiger partial charge in [0.25, 0.3) is 0 Å². The van der Waals surface area contributed by atoms with Gasteiger partial charge in [-0.3, -0.25) is 0 Å². The summed E-state index contributed by atoms with van der Waals surface area (Å²) in [5, 5.41) is 0. The molecule has 1 rings (SSSR count). The van der Waals surface area contributed by atoms with Gasteiger partial charge in [-0.05, 0) is 20.0 Å². The SMILES string of the molecule is C=C(CN(C)C1CCS(=O)(=O)C1)[B-](F)(F)F.[K+]. The maximum atomic E-state index is 12.3. The van der Waals surface area contributed by atoms with E-state index in [-0.39, 0.29) is 75.5 Å². The first kappa shape index (κ1) is 18.1. The number of rotatable bonds is 4. The van der Waals surface area contributed by atoms with Crippen LogP contribution in [0.5, 0.6) is 0 Å². The van der Waals surface area contributed by atoms with Gasteiger partial charge in [0.1, 0.15) is 0 Å². The van der Waals surface area contributed by atoms with E-state index in [2.05, 4.69) is 6.58 Å². The Labute approximate surface area is 142 Å². The Bertz CT molecular complexity index is 385. The monoisotopic (exact) mass is 295 g/mol. The Hall–Kier alpha value is 1.14. The number of halogens is 3. The number of nitrogens with zero attached hydrogens (tertiary/aromatic N) is 1. The van der Waals surface area contributed by atoms with E-state index in [0.29, 0.717) is 6.42 Å². The molecule has 1 aliphatic rings. The van der Waals surface area contributed by atoms with E-state index >= 15 is 0 Å². The zero-order chi connectivity index (χ0) is 12.6. The molecular weight excluding hydrogens is 281 g/mol. The van der Waals surface area contributed by atoms with E-state index in [1.807, 2.05) is 0 Å². The van der Waals surface area contributed by atoms with E-state index in [9.17, 15) is 21.4 Å². The summed E-state index contributed by atoms with van der Waals surface area (Å²) >= 11 is 0. The molecule has 0 aromatic heterocycles. The average Bonchev–Trinajstić information content (AvgIpc) is 2.44. The molecule has 1 fully saturated rings. The van der Waals surface area contributed by atoms with E-state index in [1.54, 1.807) is 0 Å². The van der Waals surface area contributed by atoms with Crippen LogP contribution >= 0.6 is 0 Å². The summed E-state index contributed by atoms with van der Waals surface area (Å²) in [5.41, 5.74) is -0.785. The summed E-state index contributed by atoms with van der Waals surface area (Å²) in [6, 6.07) is -0.320. The minimum atomic E-state index is -5.03. The van der Waals surface area contributed by atoms with Crippen LogP contribution in [0.15, 0.2) is 12.1 Å². The molecule has 1 atom stereocenters. The molecule has 1 unspecified atom stereocenters. The second-order valence-corrected chi connectivity index (χ2v) is 6.43. The summed E-state index contributed by atoms with van der Waals surface area (Å²) in [5.74, 6) is 0.00722. The molecule has 94 valence electrons. The van der Waals surface area contributed by atoms with Crippen molar-refractivity contribution in [1.82, 2.24) is 4.90 Å². The zero-order valence-corrected chi connectivity index (χ0v) is 13.9. The summed E-state index contributed by atoms with van der Waals surface area (Å²) in [4.78, 5) is 1.42. The Balaban J connectivity index is 0.00000256. The van der Waals surface area contributed by atoms with Gasteiger partial charge in [0.15, 0.2) is 9.84 Å². The molecule has 0 amide bonds. The first-order chi connectivity index (χ1) is 7.12. The molecular formula is C8H14BF3KNO2S. The van der Waals surface area contributed by atoms with E-state index in [1.165, 1.54) is 11.9 Å². The van der Waals surface area contributed by atoms with Gasteiger partial charge in [-0.2, -0.15) is 0 Å². The Morgan fingerprint density at radius 1 is 1.47 bits per heavy atom.